The molecule has 2 aliphatic rings. The van der Waals surface area contributed by atoms with E-state index in [9.17, 15) is 24.0 Å². The zero-order chi connectivity index (χ0) is 19.0. The Labute approximate surface area is 144 Å². The van der Waals surface area contributed by atoms with Crippen molar-refractivity contribution in [3.8, 4) is 0 Å². The van der Waals surface area contributed by atoms with Crippen LogP contribution in [0.15, 0.2) is 0 Å². The summed E-state index contributed by atoms with van der Waals surface area (Å²) in [4.78, 5) is 62.1. The zero-order valence-corrected chi connectivity index (χ0v) is 14.5. The highest BCUT2D eigenvalue weighted by atomic mass is 16.6. The number of imide groups is 2. The number of esters is 1. The molecule has 0 spiro atoms. The van der Waals surface area contributed by atoms with Gasteiger partial charge in [0.2, 0.25) is 5.91 Å². The zero-order valence-electron chi connectivity index (χ0n) is 14.5. The molecule has 0 unspecified atom stereocenters. The van der Waals surface area contributed by atoms with Crippen LogP contribution in [-0.2, 0) is 28.6 Å². The molecule has 0 saturated carbocycles. The van der Waals surface area contributed by atoms with E-state index in [1.807, 2.05) is 0 Å². The maximum absolute atomic E-state index is 13.0. The average Bonchev–Trinajstić information content (AvgIpc) is 3.02. The van der Waals surface area contributed by atoms with Gasteiger partial charge in [-0.15, -0.1) is 0 Å². The third-order valence-corrected chi connectivity index (χ3v) is 4.16. The molecule has 25 heavy (non-hydrogen) atoms. The second-order valence-electron chi connectivity index (χ2n) is 6.19. The molecule has 2 saturated heterocycles. The van der Waals surface area contributed by atoms with Gasteiger partial charge < -0.3 is 14.2 Å². The molecule has 0 aromatic rings. The number of nitrogens with zero attached hydrogens (tertiary/aromatic N) is 2. The predicted octanol–water partition coefficient (Wildman–Crippen LogP) is 0.287. The predicted molar refractivity (Wildman–Crippen MR) is 80.0 cm³/mol. The Balaban J connectivity index is 2.44. The maximum atomic E-state index is 13.0. The smallest absolute Gasteiger partial charge is 0.417 e. The van der Waals surface area contributed by atoms with Crippen LogP contribution in [-0.4, -0.2) is 71.2 Å². The van der Waals surface area contributed by atoms with Gasteiger partial charge in [0.15, 0.2) is 12.1 Å². The van der Waals surface area contributed by atoms with Crippen LogP contribution in [0.3, 0.4) is 0 Å². The van der Waals surface area contributed by atoms with E-state index < -0.39 is 54.3 Å². The summed E-state index contributed by atoms with van der Waals surface area (Å²) in [5, 5.41) is 0. The molecule has 0 aliphatic carbocycles. The Hall–Kier alpha value is -2.65. The number of hydrogen-bond donors (Lipinski definition) is 0. The lowest BCUT2D eigenvalue weighted by Gasteiger charge is -2.28. The van der Waals surface area contributed by atoms with Gasteiger partial charge in [-0.1, -0.05) is 13.8 Å². The number of ether oxygens (including phenoxy) is 3. The molecule has 0 aromatic carbocycles. The van der Waals surface area contributed by atoms with E-state index in [4.69, 9.17) is 9.47 Å². The van der Waals surface area contributed by atoms with E-state index in [1.54, 1.807) is 13.8 Å². The number of carbonyl (C=O) groups is 5. The first-order chi connectivity index (χ1) is 11.6. The van der Waals surface area contributed by atoms with Gasteiger partial charge in [0.25, 0.3) is 5.91 Å². The quantitative estimate of drug-likeness (QED) is 0.523. The molecule has 10 heteroatoms. The van der Waals surface area contributed by atoms with Crippen molar-refractivity contribution in [2.24, 2.45) is 5.92 Å². The first kappa shape index (κ1) is 18.7. The van der Waals surface area contributed by atoms with E-state index in [1.165, 1.54) is 6.92 Å². The second kappa shape index (κ2) is 6.69. The van der Waals surface area contributed by atoms with Gasteiger partial charge in [-0.3, -0.25) is 9.59 Å². The monoisotopic (exact) mass is 356 g/mol. The van der Waals surface area contributed by atoms with Crippen molar-refractivity contribution in [3.63, 3.8) is 0 Å². The molecule has 4 amide bonds. The highest BCUT2D eigenvalue weighted by molar-refractivity contribution is 6.06. The molecule has 2 fully saturated rings. The lowest BCUT2D eigenvalue weighted by molar-refractivity contribution is -0.152. The van der Waals surface area contributed by atoms with Crippen LogP contribution >= 0.6 is 0 Å². The van der Waals surface area contributed by atoms with Gasteiger partial charge in [-0.2, -0.15) is 0 Å². The van der Waals surface area contributed by atoms with Crippen molar-refractivity contribution < 1.29 is 38.2 Å². The van der Waals surface area contributed by atoms with E-state index in [2.05, 4.69) is 4.74 Å². The van der Waals surface area contributed by atoms with Gasteiger partial charge in [-0.25, -0.2) is 24.2 Å². The fourth-order valence-corrected chi connectivity index (χ4v) is 2.97. The summed E-state index contributed by atoms with van der Waals surface area (Å²) in [6.07, 6.45) is -3.89. The Morgan fingerprint density at radius 1 is 1.04 bits per heavy atom. The highest BCUT2D eigenvalue weighted by Gasteiger charge is 2.57. The third-order valence-electron chi connectivity index (χ3n) is 4.16. The molecule has 0 aromatic heterocycles. The largest absolute Gasteiger partial charge is 0.467 e. The number of methoxy groups -OCH3 is 1. The van der Waals surface area contributed by atoms with Crippen LogP contribution in [0.2, 0.25) is 0 Å². The normalized spacial score (nSPS) is 28.9. The van der Waals surface area contributed by atoms with Crippen LogP contribution in [0.25, 0.3) is 0 Å². The second-order valence-corrected chi connectivity index (χ2v) is 6.19. The van der Waals surface area contributed by atoms with E-state index >= 15 is 0 Å². The minimum absolute atomic E-state index is 0.310. The van der Waals surface area contributed by atoms with Gasteiger partial charge in [0, 0.05) is 6.92 Å². The molecule has 4 atom stereocenters. The van der Waals surface area contributed by atoms with E-state index in [-0.39, 0.29) is 5.92 Å². The van der Waals surface area contributed by atoms with Crippen molar-refractivity contribution in [2.45, 2.75) is 52.0 Å². The molecular formula is C15H20N2O8. The molecule has 10 nitrogen and oxygen atoms in total. The van der Waals surface area contributed by atoms with Gasteiger partial charge in [-0.05, 0) is 12.8 Å². The first-order valence-corrected chi connectivity index (χ1v) is 7.73. The van der Waals surface area contributed by atoms with Gasteiger partial charge in [0.05, 0.1) is 7.11 Å². The highest BCUT2D eigenvalue weighted by Crippen LogP contribution is 2.30. The minimum atomic E-state index is -1.37. The number of cyclic esters (lactones) is 2. The fraction of sp³-hybridized carbons (Fsp3) is 0.667. The van der Waals surface area contributed by atoms with Crippen LogP contribution in [0.5, 0.6) is 0 Å². The standard InChI is InChI=1S/C15H20N2O8/c1-6(2)11-10(16(8(4)18)14(21)25-11)12(19)17-9(13(20)23-5)7(3)24-15(17)22/h6-7,9-11H,1-5H3/t7-,9+,10+,11-/m1/s1. The van der Waals surface area contributed by atoms with E-state index in [0.717, 1.165) is 14.0 Å². The maximum Gasteiger partial charge on any atom is 0.417 e. The minimum Gasteiger partial charge on any atom is -0.467 e. The Bertz CT molecular complexity index is 631. The summed E-state index contributed by atoms with van der Waals surface area (Å²) in [5.41, 5.74) is 0. The molecule has 2 heterocycles. The van der Waals surface area contributed by atoms with Crippen molar-refractivity contribution in [2.75, 3.05) is 7.11 Å². The number of carbonyl (C=O) groups excluding carboxylic acids is 5. The lowest BCUT2D eigenvalue weighted by Crippen LogP contribution is -2.57. The van der Waals surface area contributed by atoms with Crippen LogP contribution in [0.1, 0.15) is 27.7 Å². The molecule has 138 valence electrons. The molecule has 0 N–H and O–H groups in total. The number of amides is 4. The number of rotatable bonds is 3. The summed E-state index contributed by atoms with van der Waals surface area (Å²) in [6, 6.07) is -2.67. The molecule has 2 rings (SSSR count). The molecule has 2 aliphatic heterocycles. The number of hydrogen-bond acceptors (Lipinski definition) is 8. The topological polar surface area (TPSA) is 120 Å². The van der Waals surface area contributed by atoms with Crippen molar-refractivity contribution >= 4 is 30.0 Å². The van der Waals surface area contributed by atoms with Crippen LogP contribution in [0.4, 0.5) is 9.59 Å². The van der Waals surface area contributed by atoms with Crippen molar-refractivity contribution in [3.05, 3.63) is 0 Å². The van der Waals surface area contributed by atoms with E-state index in [0.29, 0.717) is 9.80 Å². The van der Waals surface area contributed by atoms with Crippen LogP contribution in [0, 0.1) is 5.92 Å². The molecule has 0 bridgehead atoms. The molecular weight excluding hydrogens is 336 g/mol. The fourth-order valence-electron chi connectivity index (χ4n) is 2.97. The summed E-state index contributed by atoms with van der Waals surface area (Å²) in [7, 11) is 1.11. The Morgan fingerprint density at radius 2 is 1.60 bits per heavy atom. The van der Waals surface area contributed by atoms with Crippen molar-refractivity contribution in [1.29, 1.82) is 0 Å². The lowest BCUT2D eigenvalue weighted by atomic mass is 9.97. The average molecular weight is 356 g/mol. The Kier molecular flexibility index (Phi) is 5.00. The van der Waals surface area contributed by atoms with Crippen molar-refractivity contribution in [1.82, 2.24) is 9.80 Å². The first-order valence-electron chi connectivity index (χ1n) is 7.73. The van der Waals surface area contributed by atoms with Crippen LogP contribution < -0.4 is 0 Å². The summed E-state index contributed by atoms with van der Waals surface area (Å²) >= 11 is 0. The van der Waals surface area contributed by atoms with Gasteiger partial charge >= 0.3 is 18.2 Å². The third kappa shape index (κ3) is 3.03. The SMILES string of the molecule is COC(=O)[C@@H]1[C@@H](C)OC(=O)N1C(=O)[C@@H]1[C@@H](C(C)C)OC(=O)N1C(C)=O. The summed E-state index contributed by atoms with van der Waals surface area (Å²) in [6.45, 7) is 5.94. The summed E-state index contributed by atoms with van der Waals surface area (Å²) < 4.78 is 14.7. The van der Waals surface area contributed by atoms with Gasteiger partial charge in [0.1, 0.15) is 12.2 Å². The summed E-state index contributed by atoms with van der Waals surface area (Å²) in [5.74, 6) is -2.78. The molecule has 0 radical (unpaired) electrons. The Morgan fingerprint density at radius 3 is 2.08 bits per heavy atom.